The highest BCUT2D eigenvalue weighted by Gasteiger charge is 2.22. The summed E-state index contributed by atoms with van der Waals surface area (Å²) in [4.78, 5) is 10.2. The van der Waals surface area contributed by atoms with Gasteiger partial charge >= 0.3 is 0 Å². The molecule has 4 heterocycles. The zero-order chi connectivity index (χ0) is 29.9. The highest BCUT2D eigenvalue weighted by atomic mass is 15.1. The number of para-hydroxylation sites is 2. The summed E-state index contributed by atoms with van der Waals surface area (Å²) in [6, 6.07) is 30.7. The molecule has 7 aromatic rings. The Morgan fingerprint density at radius 3 is 1.82 bits per heavy atom. The van der Waals surface area contributed by atoms with Gasteiger partial charge in [0.2, 0.25) is 0 Å². The van der Waals surface area contributed by atoms with Gasteiger partial charge in [-0.25, -0.2) is 9.97 Å². The summed E-state index contributed by atoms with van der Waals surface area (Å²) in [5, 5.41) is 4.84. The molecule has 1 unspecified atom stereocenters. The molecule has 4 nitrogen and oxygen atoms in total. The van der Waals surface area contributed by atoms with Gasteiger partial charge in [-0.15, -0.1) is 0 Å². The number of rotatable bonds is 4. The first kappa shape index (κ1) is 26.0. The maximum atomic E-state index is 5.10. The van der Waals surface area contributed by atoms with Gasteiger partial charge in [-0.1, -0.05) is 91.9 Å². The first-order valence-corrected chi connectivity index (χ1v) is 15.9. The van der Waals surface area contributed by atoms with Crippen molar-refractivity contribution < 1.29 is 0 Å². The third kappa shape index (κ3) is 4.13. The first-order valence-electron chi connectivity index (χ1n) is 15.9. The molecule has 0 fully saturated rings. The van der Waals surface area contributed by atoms with Crippen molar-refractivity contribution in [3.8, 4) is 11.6 Å². The molecule has 0 aliphatic heterocycles. The molecule has 0 saturated heterocycles. The largest absolute Gasteiger partial charge is 0.292 e. The van der Waals surface area contributed by atoms with Gasteiger partial charge in [-0.05, 0) is 83.9 Å². The quantitative estimate of drug-likeness (QED) is 0.208. The molecule has 0 saturated carbocycles. The maximum absolute atomic E-state index is 5.10. The Labute approximate surface area is 262 Å². The normalized spacial score (nSPS) is 16.6. The van der Waals surface area contributed by atoms with Crippen LogP contribution in [-0.4, -0.2) is 19.1 Å². The van der Waals surface area contributed by atoms with Crippen molar-refractivity contribution in [2.75, 3.05) is 0 Å². The Kier molecular flexibility index (Phi) is 5.95. The summed E-state index contributed by atoms with van der Waals surface area (Å²) < 4.78 is 4.68. The summed E-state index contributed by atoms with van der Waals surface area (Å²) in [7, 11) is 0. The predicted molar refractivity (Wildman–Crippen MR) is 188 cm³/mol. The highest BCUT2D eigenvalue weighted by molar-refractivity contribution is 6.23. The summed E-state index contributed by atoms with van der Waals surface area (Å²) in [6.45, 7) is 2.26. The second-order valence-electron chi connectivity index (χ2n) is 12.3. The lowest BCUT2D eigenvalue weighted by Gasteiger charge is -2.14. The standard InChI is InChI=1S/C41H32N4/c1-27-10-9-13-29(24-27)31-19-23-39(43-26-31)45-37-17-8-6-15-33(37)35-21-20-34-32-14-5-7-16-36(32)44(40(34)41(35)45)38-22-18-30(25-42-38)28-11-3-2-4-12-28/h2-3,5-9,11,13-27H,4,10,12H2,1H3. The summed E-state index contributed by atoms with van der Waals surface area (Å²) in [5.74, 6) is 2.36. The molecule has 0 bridgehead atoms. The average molecular weight is 581 g/mol. The molecule has 3 aromatic carbocycles. The minimum Gasteiger partial charge on any atom is -0.292 e. The molecule has 45 heavy (non-hydrogen) atoms. The van der Waals surface area contributed by atoms with Crippen molar-refractivity contribution in [2.24, 2.45) is 5.92 Å². The van der Waals surface area contributed by atoms with Crippen LogP contribution in [0.2, 0.25) is 0 Å². The van der Waals surface area contributed by atoms with Crippen molar-refractivity contribution in [3.05, 3.63) is 145 Å². The second kappa shape index (κ2) is 10.3. The smallest absolute Gasteiger partial charge is 0.137 e. The van der Waals surface area contributed by atoms with E-state index >= 15 is 0 Å². The molecule has 0 spiro atoms. The number of aromatic nitrogens is 4. The van der Waals surface area contributed by atoms with E-state index in [1.165, 1.54) is 38.3 Å². The van der Waals surface area contributed by atoms with Crippen LogP contribution in [0.3, 0.4) is 0 Å². The van der Waals surface area contributed by atoms with Crippen LogP contribution < -0.4 is 0 Å². The fourth-order valence-corrected chi connectivity index (χ4v) is 7.25. The van der Waals surface area contributed by atoms with Crippen LogP contribution in [0, 0.1) is 5.92 Å². The van der Waals surface area contributed by atoms with Crippen LogP contribution in [-0.2, 0) is 0 Å². The Bertz CT molecular complexity index is 2390. The van der Waals surface area contributed by atoms with Crippen LogP contribution >= 0.6 is 0 Å². The van der Waals surface area contributed by atoms with Crippen molar-refractivity contribution >= 4 is 54.8 Å². The third-order valence-corrected chi connectivity index (χ3v) is 9.41. The Morgan fingerprint density at radius 2 is 1.27 bits per heavy atom. The molecule has 216 valence electrons. The molecule has 9 rings (SSSR count). The zero-order valence-electron chi connectivity index (χ0n) is 25.2. The molecular formula is C41H32N4. The molecule has 4 aromatic heterocycles. The van der Waals surface area contributed by atoms with E-state index in [-0.39, 0.29) is 0 Å². The lowest BCUT2D eigenvalue weighted by molar-refractivity contribution is 0.740. The lowest BCUT2D eigenvalue weighted by atomic mass is 9.94. The summed E-state index contributed by atoms with van der Waals surface area (Å²) in [5.41, 5.74) is 9.48. The van der Waals surface area contributed by atoms with E-state index in [4.69, 9.17) is 9.97 Å². The van der Waals surface area contributed by atoms with Crippen molar-refractivity contribution in [2.45, 2.75) is 26.2 Å². The fraction of sp³-hybridized carbons (Fsp3) is 0.122. The van der Waals surface area contributed by atoms with Crippen LogP contribution in [0.1, 0.15) is 37.3 Å². The van der Waals surface area contributed by atoms with E-state index in [2.05, 4.69) is 137 Å². The van der Waals surface area contributed by atoms with E-state index in [1.54, 1.807) is 0 Å². The van der Waals surface area contributed by atoms with Crippen molar-refractivity contribution in [1.29, 1.82) is 0 Å². The minimum absolute atomic E-state index is 0.538. The number of nitrogens with zero attached hydrogens (tertiary/aromatic N) is 4. The monoisotopic (exact) mass is 580 g/mol. The van der Waals surface area contributed by atoms with Crippen LogP contribution in [0.15, 0.2) is 134 Å². The molecule has 0 amide bonds. The second-order valence-corrected chi connectivity index (χ2v) is 12.3. The fourth-order valence-electron chi connectivity index (χ4n) is 7.25. The van der Waals surface area contributed by atoms with Gasteiger partial charge in [0.25, 0.3) is 0 Å². The number of allylic oxidation sites excluding steroid dienone is 8. The highest BCUT2D eigenvalue weighted by Crippen LogP contribution is 2.41. The van der Waals surface area contributed by atoms with Crippen LogP contribution in [0.4, 0.5) is 0 Å². The van der Waals surface area contributed by atoms with Gasteiger partial charge in [0.1, 0.15) is 11.6 Å². The van der Waals surface area contributed by atoms with Gasteiger partial charge in [-0.3, -0.25) is 9.13 Å². The van der Waals surface area contributed by atoms with E-state index in [0.29, 0.717) is 5.92 Å². The topological polar surface area (TPSA) is 35.6 Å². The SMILES string of the molecule is CC1C=C(c2ccc(-n3c4ccccc4c4ccc5c6ccccc6n(-c6ccc(C7=CC=CCC7)cn6)c5c43)nc2)C=CC1. The van der Waals surface area contributed by atoms with Crippen LogP contribution in [0.25, 0.3) is 66.4 Å². The predicted octanol–water partition coefficient (Wildman–Crippen LogP) is 10.4. The number of hydrogen-bond donors (Lipinski definition) is 0. The molecule has 4 heteroatoms. The molecule has 0 N–H and O–H groups in total. The Hall–Kier alpha value is -5.48. The van der Waals surface area contributed by atoms with E-state index in [1.807, 2.05) is 12.4 Å². The maximum Gasteiger partial charge on any atom is 0.137 e. The average Bonchev–Trinajstić information content (AvgIpc) is 3.62. The number of hydrogen-bond acceptors (Lipinski definition) is 2. The van der Waals surface area contributed by atoms with Crippen molar-refractivity contribution in [3.63, 3.8) is 0 Å². The van der Waals surface area contributed by atoms with E-state index in [0.717, 1.165) is 58.5 Å². The lowest BCUT2D eigenvalue weighted by Crippen LogP contribution is -2.02. The van der Waals surface area contributed by atoms with E-state index in [9.17, 15) is 0 Å². The number of fused-ring (bicyclic) bond motifs is 7. The molecule has 2 aliphatic carbocycles. The first-order chi connectivity index (χ1) is 22.2. The summed E-state index contributed by atoms with van der Waals surface area (Å²) in [6.07, 6.45) is 20.7. The Morgan fingerprint density at radius 1 is 0.644 bits per heavy atom. The molecule has 2 aliphatic rings. The van der Waals surface area contributed by atoms with E-state index < -0.39 is 0 Å². The third-order valence-electron chi connectivity index (χ3n) is 9.41. The van der Waals surface area contributed by atoms with Gasteiger partial charge in [0.05, 0.1) is 22.1 Å². The summed E-state index contributed by atoms with van der Waals surface area (Å²) >= 11 is 0. The molecule has 1 atom stereocenters. The van der Waals surface area contributed by atoms with Gasteiger partial charge in [-0.2, -0.15) is 0 Å². The number of pyridine rings is 2. The van der Waals surface area contributed by atoms with Crippen LogP contribution in [0.5, 0.6) is 0 Å². The number of benzene rings is 3. The zero-order valence-corrected chi connectivity index (χ0v) is 25.2. The van der Waals surface area contributed by atoms with Gasteiger partial charge in [0, 0.05) is 33.9 Å². The van der Waals surface area contributed by atoms with Gasteiger partial charge in [0.15, 0.2) is 0 Å². The molecule has 0 radical (unpaired) electrons. The Balaban J connectivity index is 1.32. The van der Waals surface area contributed by atoms with Crippen molar-refractivity contribution in [1.82, 2.24) is 19.1 Å². The van der Waals surface area contributed by atoms with Gasteiger partial charge < -0.3 is 0 Å². The minimum atomic E-state index is 0.538. The molecular weight excluding hydrogens is 548 g/mol.